The molecule has 8 heteroatoms. The second-order valence-electron chi connectivity index (χ2n) is 5.35. The molecule has 0 bridgehead atoms. The Morgan fingerprint density at radius 3 is 3.05 bits per heavy atom. The van der Waals surface area contributed by atoms with Crippen molar-refractivity contribution in [2.75, 3.05) is 13.2 Å². The zero-order chi connectivity index (χ0) is 15.7. The molecule has 0 aliphatic carbocycles. The highest BCUT2D eigenvalue weighted by Crippen LogP contribution is 2.21. The number of rotatable bonds is 3. The smallest absolute Gasteiger partial charge is 0.387 e. The van der Waals surface area contributed by atoms with Crippen LogP contribution < -0.4 is 5.76 Å². The minimum atomic E-state index is -0.620. The largest absolute Gasteiger partial charge is 0.437 e. The molecule has 118 valence electrons. The fourth-order valence-electron chi connectivity index (χ4n) is 2.38. The van der Waals surface area contributed by atoms with Crippen molar-refractivity contribution >= 4 is 17.2 Å². The van der Waals surface area contributed by atoms with Gasteiger partial charge in [-0.2, -0.15) is 4.68 Å². The molecule has 0 unspecified atom stereocenters. The van der Waals surface area contributed by atoms with Crippen LogP contribution in [0.2, 0.25) is 0 Å². The Kier molecular flexibility index (Phi) is 4.12. The normalized spacial score (nSPS) is 22.0. The molecule has 0 saturated carbocycles. The van der Waals surface area contributed by atoms with Crippen LogP contribution in [0, 0.1) is 0 Å². The number of nitrogens with zero attached hydrogens (tertiary/aromatic N) is 3. The molecule has 0 N–H and O–H groups in total. The van der Waals surface area contributed by atoms with Gasteiger partial charge in [0.1, 0.15) is 6.54 Å². The summed E-state index contributed by atoms with van der Waals surface area (Å²) in [6.07, 6.45) is -0.00383. The average molecular weight is 323 g/mol. The van der Waals surface area contributed by atoms with Gasteiger partial charge in [-0.3, -0.25) is 4.79 Å². The summed E-state index contributed by atoms with van der Waals surface area (Å²) in [4.78, 5) is 26.7. The van der Waals surface area contributed by atoms with E-state index in [1.54, 1.807) is 4.90 Å². The zero-order valence-corrected chi connectivity index (χ0v) is 13.2. The fraction of sp³-hybridized carbons (Fsp3) is 0.500. The Labute approximate surface area is 131 Å². The van der Waals surface area contributed by atoms with Crippen molar-refractivity contribution in [1.29, 1.82) is 0 Å². The summed E-state index contributed by atoms with van der Waals surface area (Å²) in [5.41, 5.74) is 0. The standard InChI is InChI=1S/C14H17N3O4S/c1-9-8-20-10(2)6-16(9)12(18)7-17-14(19)21-13(15-17)11-4-3-5-22-11/h3-5,9-10H,6-8H2,1-2H3/t9-,10+/m0/s1. The van der Waals surface area contributed by atoms with E-state index >= 15 is 0 Å². The fourth-order valence-corrected chi connectivity index (χ4v) is 3.02. The first-order chi connectivity index (χ1) is 10.5. The summed E-state index contributed by atoms with van der Waals surface area (Å²) in [5, 5.41) is 5.97. The maximum Gasteiger partial charge on any atom is 0.437 e. The summed E-state index contributed by atoms with van der Waals surface area (Å²) in [6.45, 7) is 4.74. The van der Waals surface area contributed by atoms with E-state index in [1.807, 2.05) is 31.4 Å². The minimum Gasteiger partial charge on any atom is -0.387 e. The maximum absolute atomic E-state index is 12.4. The van der Waals surface area contributed by atoms with Crippen LogP contribution >= 0.6 is 11.3 Å². The Morgan fingerprint density at radius 1 is 1.50 bits per heavy atom. The van der Waals surface area contributed by atoms with E-state index in [0.29, 0.717) is 13.2 Å². The average Bonchev–Trinajstić information content (AvgIpc) is 3.12. The molecule has 2 aromatic rings. The summed E-state index contributed by atoms with van der Waals surface area (Å²) < 4.78 is 11.7. The van der Waals surface area contributed by atoms with Crippen molar-refractivity contribution < 1.29 is 13.9 Å². The van der Waals surface area contributed by atoms with Crippen molar-refractivity contribution in [2.45, 2.75) is 32.5 Å². The SMILES string of the molecule is C[C@@H]1CN(C(=O)Cn2nc(-c3cccs3)oc2=O)[C@@H](C)CO1. The van der Waals surface area contributed by atoms with Crippen LogP contribution in [0.25, 0.3) is 10.8 Å². The molecule has 1 saturated heterocycles. The van der Waals surface area contributed by atoms with E-state index in [1.165, 1.54) is 11.3 Å². The predicted octanol–water partition coefficient (Wildman–Crippen LogP) is 1.20. The number of carbonyl (C=O) groups is 1. The van der Waals surface area contributed by atoms with Crippen LogP contribution in [-0.4, -0.2) is 45.9 Å². The highest BCUT2D eigenvalue weighted by molar-refractivity contribution is 7.13. The molecule has 3 rings (SSSR count). The van der Waals surface area contributed by atoms with Crippen LogP contribution in [0.15, 0.2) is 26.7 Å². The first kappa shape index (κ1) is 15.0. The number of thiophene rings is 1. The first-order valence-electron chi connectivity index (χ1n) is 7.07. The number of morpholine rings is 1. The monoisotopic (exact) mass is 323 g/mol. The van der Waals surface area contributed by atoms with Crippen molar-refractivity contribution in [3.8, 4) is 10.8 Å². The highest BCUT2D eigenvalue weighted by Gasteiger charge is 2.28. The lowest BCUT2D eigenvalue weighted by molar-refractivity contribution is -0.144. The number of ether oxygens (including phenoxy) is 1. The van der Waals surface area contributed by atoms with Gasteiger partial charge in [-0.25, -0.2) is 4.79 Å². The number of aromatic nitrogens is 2. The minimum absolute atomic E-state index is 0.00383. The second kappa shape index (κ2) is 6.05. The van der Waals surface area contributed by atoms with E-state index in [2.05, 4.69) is 5.10 Å². The first-order valence-corrected chi connectivity index (χ1v) is 7.95. The number of hydrogen-bond donors (Lipinski definition) is 0. The van der Waals surface area contributed by atoms with Crippen LogP contribution in [0.5, 0.6) is 0 Å². The molecular formula is C14H17N3O4S. The number of amides is 1. The van der Waals surface area contributed by atoms with Crippen molar-refractivity contribution in [3.05, 3.63) is 28.1 Å². The van der Waals surface area contributed by atoms with Crippen LogP contribution in [0.4, 0.5) is 0 Å². The lowest BCUT2D eigenvalue weighted by Gasteiger charge is -2.36. The number of hydrogen-bond acceptors (Lipinski definition) is 6. The summed E-state index contributed by atoms with van der Waals surface area (Å²) in [6, 6.07) is 3.65. The van der Waals surface area contributed by atoms with Gasteiger partial charge in [-0.15, -0.1) is 16.4 Å². The Balaban J connectivity index is 1.75. The summed E-state index contributed by atoms with van der Waals surface area (Å²) >= 11 is 1.43. The molecule has 1 amide bonds. The van der Waals surface area contributed by atoms with E-state index in [9.17, 15) is 9.59 Å². The van der Waals surface area contributed by atoms with E-state index in [-0.39, 0.29) is 30.5 Å². The third-order valence-electron chi connectivity index (χ3n) is 3.55. The number of carbonyl (C=O) groups excluding carboxylic acids is 1. The molecule has 0 aromatic carbocycles. The molecule has 0 radical (unpaired) electrons. The predicted molar refractivity (Wildman–Crippen MR) is 80.7 cm³/mol. The third-order valence-corrected chi connectivity index (χ3v) is 4.41. The molecule has 1 fully saturated rings. The van der Waals surface area contributed by atoms with E-state index < -0.39 is 5.76 Å². The van der Waals surface area contributed by atoms with Crippen molar-refractivity contribution in [3.63, 3.8) is 0 Å². The molecule has 7 nitrogen and oxygen atoms in total. The van der Waals surface area contributed by atoms with Gasteiger partial charge < -0.3 is 14.1 Å². The van der Waals surface area contributed by atoms with Gasteiger partial charge in [0.25, 0.3) is 5.89 Å². The molecule has 22 heavy (non-hydrogen) atoms. The zero-order valence-electron chi connectivity index (χ0n) is 12.4. The van der Waals surface area contributed by atoms with Crippen LogP contribution in [0.1, 0.15) is 13.8 Å². The van der Waals surface area contributed by atoms with Gasteiger partial charge in [0.05, 0.1) is 23.6 Å². The van der Waals surface area contributed by atoms with Crippen LogP contribution in [-0.2, 0) is 16.1 Å². The van der Waals surface area contributed by atoms with Gasteiger partial charge in [0.15, 0.2) is 0 Å². The lowest BCUT2D eigenvalue weighted by Crippen LogP contribution is -2.51. The molecule has 0 spiro atoms. The maximum atomic E-state index is 12.4. The Hall–Kier alpha value is -1.93. The van der Waals surface area contributed by atoms with Crippen molar-refractivity contribution in [2.24, 2.45) is 0 Å². The summed E-state index contributed by atoms with van der Waals surface area (Å²) in [5.74, 6) is -0.530. The molecular weight excluding hydrogens is 306 g/mol. The Bertz CT molecular complexity index is 706. The second-order valence-corrected chi connectivity index (χ2v) is 6.29. The molecule has 2 atom stereocenters. The van der Waals surface area contributed by atoms with Gasteiger partial charge in [-0.1, -0.05) is 6.07 Å². The summed E-state index contributed by atoms with van der Waals surface area (Å²) in [7, 11) is 0. The quantitative estimate of drug-likeness (QED) is 0.848. The topological polar surface area (TPSA) is 77.6 Å². The highest BCUT2D eigenvalue weighted by atomic mass is 32.1. The van der Waals surface area contributed by atoms with Gasteiger partial charge >= 0.3 is 5.76 Å². The van der Waals surface area contributed by atoms with Crippen LogP contribution in [0.3, 0.4) is 0 Å². The van der Waals surface area contributed by atoms with Gasteiger partial charge in [0, 0.05) is 6.54 Å². The van der Waals surface area contributed by atoms with E-state index in [0.717, 1.165) is 9.56 Å². The van der Waals surface area contributed by atoms with Gasteiger partial charge in [0.2, 0.25) is 5.91 Å². The molecule has 3 heterocycles. The molecule has 1 aliphatic rings. The lowest BCUT2D eigenvalue weighted by atomic mass is 10.2. The molecule has 1 aliphatic heterocycles. The van der Waals surface area contributed by atoms with Gasteiger partial charge in [-0.05, 0) is 25.3 Å². The molecule has 2 aromatic heterocycles. The Morgan fingerprint density at radius 2 is 2.32 bits per heavy atom. The van der Waals surface area contributed by atoms with Crippen molar-refractivity contribution in [1.82, 2.24) is 14.7 Å². The third kappa shape index (κ3) is 2.97. The van der Waals surface area contributed by atoms with E-state index in [4.69, 9.17) is 9.15 Å².